The van der Waals surface area contributed by atoms with Gasteiger partial charge in [0.05, 0.1) is 27.2 Å². The van der Waals surface area contributed by atoms with Crippen LogP contribution in [0.25, 0.3) is 48.5 Å². The van der Waals surface area contributed by atoms with Crippen LogP contribution in [0.5, 0.6) is 0 Å². The van der Waals surface area contributed by atoms with Gasteiger partial charge in [0.15, 0.2) is 0 Å². The molecular weight excluding hydrogens is 615 g/mol. The van der Waals surface area contributed by atoms with E-state index >= 15 is 0 Å². The van der Waals surface area contributed by atoms with Crippen molar-refractivity contribution in [1.29, 1.82) is 0 Å². The largest absolute Gasteiger partial charge is 0.382 e. The lowest BCUT2D eigenvalue weighted by atomic mass is 9.91. The van der Waals surface area contributed by atoms with Crippen LogP contribution in [0.15, 0.2) is 115 Å². The number of carbonyl (C=O) groups is 2. The van der Waals surface area contributed by atoms with Crippen LogP contribution in [0.2, 0.25) is 0 Å². The molecule has 1 N–H and O–H groups in total. The Labute approximate surface area is 281 Å². The van der Waals surface area contributed by atoms with Crippen LogP contribution in [0, 0.1) is 0 Å². The molecule has 0 bridgehead atoms. The number of benzene rings is 5. The Morgan fingerprint density at radius 1 is 0.708 bits per heavy atom. The van der Waals surface area contributed by atoms with E-state index in [-0.39, 0.29) is 11.8 Å². The third kappa shape index (κ3) is 4.79. The summed E-state index contributed by atoms with van der Waals surface area (Å²) in [7, 11) is 0. The second-order valence-corrected chi connectivity index (χ2v) is 13.6. The summed E-state index contributed by atoms with van der Waals surface area (Å²) in [6.45, 7) is 0. The molecule has 1 saturated carbocycles. The summed E-state index contributed by atoms with van der Waals surface area (Å²) in [6.07, 6.45) is 7.99. The Morgan fingerprint density at radius 2 is 1.46 bits per heavy atom. The molecule has 2 aliphatic rings. The Kier molecular flexibility index (Phi) is 6.90. The van der Waals surface area contributed by atoms with Crippen molar-refractivity contribution in [3.8, 4) is 27.5 Å². The number of amides is 2. The van der Waals surface area contributed by atoms with E-state index in [9.17, 15) is 9.59 Å². The molecule has 48 heavy (non-hydrogen) atoms. The maximum atomic E-state index is 14.2. The molecule has 7 aromatic rings. The zero-order chi connectivity index (χ0) is 32.2. The first kappa shape index (κ1) is 28.6. The van der Waals surface area contributed by atoms with E-state index in [1.54, 1.807) is 11.3 Å². The number of carbonyl (C=O) groups excluding carboxylic acids is 2. The number of nitrogens with one attached hydrogen (secondary N) is 1. The number of aromatic nitrogens is 3. The van der Waals surface area contributed by atoms with Gasteiger partial charge in [-0.3, -0.25) is 9.59 Å². The van der Waals surface area contributed by atoms with E-state index in [1.165, 1.54) is 24.2 Å². The molecular formula is C40H31N5O2S. The van der Waals surface area contributed by atoms with Crippen molar-refractivity contribution in [3.63, 3.8) is 0 Å². The zero-order valence-electron chi connectivity index (χ0n) is 26.1. The molecule has 0 saturated heterocycles. The highest BCUT2D eigenvalue weighted by atomic mass is 32.1. The SMILES string of the molecule is O=C1c2cccc3c(NC4CCCCC4)ccc(c23)C(=O)N1c1cccc(-c2nn(-c3ccccc3)cc2-c2nc3ccccc3s2)c1. The monoisotopic (exact) mass is 645 g/mol. The number of fused-ring (bicyclic) bond motifs is 1. The maximum Gasteiger partial charge on any atom is 0.265 e. The molecule has 234 valence electrons. The van der Waals surface area contributed by atoms with Crippen LogP contribution in [0.3, 0.4) is 0 Å². The third-order valence-electron chi connectivity index (χ3n) is 9.51. The summed E-state index contributed by atoms with van der Waals surface area (Å²) in [5.74, 6) is -0.655. The van der Waals surface area contributed by atoms with Gasteiger partial charge in [-0.05, 0) is 67.4 Å². The number of thiazole rings is 1. The van der Waals surface area contributed by atoms with E-state index in [2.05, 4.69) is 11.4 Å². The Bertz CT molecular complexity index is 2320. The first-order chi connectivity index (χ1) is 23.6. The molecule has 5 aromatic carbocycles. The molecule has 9 rings (SSSR count). The van der Waals surface area contributed by atoms with Gasteiger partial charge >= 0.3 is 0 Å². The Balaban J connectivity index is 1.13. The fourth-order valence-electron chi connectivity index (χ4n) is 7.16. The van der Waals surface area contributed by atoms with E-state index in [0.29, 0.717) is 22.9 Å². The van der Waals surface area contributed by atoms with Gasteiger partial charge in [-0.1, -0.05) is 73.9 Å². The molecule has 0 spiro atoms. The van der Waals surface area contributed by atoms with Crippen LogP contribution in [-0.2, 0) is 0 Å². The average Bonchev–Trinajstić information content (AvgIpc) is 3.77. The van der Waals surface area contributed by atoms with Gasteiger partial charge in [0.1, 0.15) is 10.7 Å². The molecule has 7 nitrogen and oxygen atoms in total. The molecule has 1 aliphatic carbocycles. The lowest BCUT2D eigenvalue weighted by Crippen LogP contribution is -2.40. The van der Waals surface area contributed by atoms with Crippen LogP contribution in [0.4, 0.5) is 11.4 Å². The summed E-state index contributed by atoms with van der Waals surface area (Å²) in [4.78, 5) is 34.6. The first-order valence-corrected chi connectivity index (χ1v) is 17.3. The van der Waals surface area contributed by atoms with Gasteiger partial charge in [-0.25, -0.2) is 14.6 Å². The number of nitrogens with zero attached hydrogens (tertiary/aromatic N) is 4. The molecule has 0 radical (unpaired) electrons. The van der Waals surface area contributed by atoms with Crippen molar-refractivity contribution in [2.45, 2.75) is 38.1 Å². The molecule has 2 aromatic heterocycles. The van der Waals surface area contributed by atoms with Crippen LogP contribution in [0.1, 0.15) is 52.8 Å². The number of hydrogen-bond acceptors (Lipinski definition) is 6. The highest BCUT2D eigenvalue weighted by molar-refractivity contribution is 7.21. The summed E-state index contributed by atoms with van der Waals surface area (Å²) >= 11 is 1.61. The Morgan fingerprint density at radius 3 is 2.29 bits per heavy atom. The number of para-hydroxylation sites is 2. The van der Waals surface area contributed by atoms with Gasteiger partial charge < -0.3 is 5.32 Å². The highest BCUT2D eigenvalue weighted by Crippen LogP contribution is 2.40. The maximum absolute atomic E-state index is 14.2. The van der Waals surface area contributed by atoms with E-state index in [0.717, 1.165) is 67.0 Å². The van der Waals surface area contributed by atoms with Crippen molar-refractivity contribution in [3.05, 3.63) is 127 Å². The normalized spacial score (nSPS) is 15.0. The van der Waals surface area contributed by atoms with Crippen LogP contribution < -0.4 is 10.2 Å². The molecule has 0 unspecified atom stereocenters. The predicted molar refractivity (Wildman–Crippen MR) is 193 cm³/mol. The minimum atomic E-state index is -0.328. The quantitative estimate of drug-likeness (QED) is 0.182. The molecule has 1 aliphatic heterocycles. The fourth-order valence-corrected chi connectivity index (χ4v) is 8.14. The fraction of sp³-hybridized carbons (Fsp3) is 0.150. The standard InChI is InChI=1S/C40H31N5O2S/c46-39-30-18-10-17-29-33(41-26-12-3-1-4-13-26)22-21-31(36(29)30)40(47)45(39)28-16-9-11-25(23-28)37-32(24-44(43-37)27-14-5-2-6-15-27)38-42-34-19-7-8-20-35(34)48-38/h2,5-11,14-24,26,41H,1,3-4,12-13H2. The van der Waals surface area contributed by atoms with Crippen LogP contribution >= 0.6 is 11.3 Å². The van der Waals surface area contributed by atoms with E-state index in [1.807, 2.05) is 114 Å². The van der Waals surface area contributed by atoms with E-state index in [4.69, 9.17) is 10.1 Å². The van der Waals surface area contributed by atoms with Crippen molar-refractivity contribution in [1.82, 2.24) is 14.8 Å². The van der Waals surface area contributed by atoms with Gasteiger partial charge in [-0.15, -0.1) is 11.3 Å². The average molecular weight is 646 g/mol. The predicted octanol–water partition coefficient (Wildman–Crippen LogP) is 9.51. The molecule has 1 fully saturated rings. The van der Waals surface area contributed by atoms with E-state index < -0.39 is 0 Å². The molecule has 8 heteroatoms. The smallest absolute Gasteiger partial charge is 0.265 e. The lowest BCUT2D eigenvalue weighted by molar-refractivity contribution is 0.0893. The summed E-state index contributed by atoms with van der Waals surface area (Å²) < 4.78 is 2.95. The second kappa shape index (κ2) is 11.6. The minimum absolute atomic E-state index is 0.328. The Hall–Kier alpha value is -5.60. The van der Waals surface area contributed by atoms with Gasteiger partial charge in [0.2, 0.25) is 0 Å². The number of imide groups is 1. The van der Waals surface area contributed by atoms with Crippen LogP contribution in [-0.4, -0.2) is 32.6 Å². The van der Waals surface area contributed by atoms with Gasteiger partial charge in [-0.2, -0.15) is 5.10 Å². The van der Waals surface area contributed by atoms with Crippen molar-refractivity contribution in [2.24, 2.45) is 0 Å². The molecule has 3 heterocycles. The minimum Gasteiger partial charge on any atom is -0.382 e. The summed E-state index contributed by atoms with van der Waals surface area (Å²) in [5, 5.41) is 11.2. The number of rotatable bonds is 6. The lowest BCUT2D eigenvalue weighted by Gasteiger charge is -2.29. The first-order valence-electron chi connectivity index (χ1n) is 16.4. The summed E-state index contributed by atoms with van der Waals surface area (Å²) in [6, 6.07) is 35.6. The topological polar surface area (TPSA) is 80.1 Å². The third-order valence-corrected chi connectivity index (χ3v) is 10.6. The summed E-state index contributed by atoms with van der Waals surface area (Å²) in [5.41, 5.74) is 6.78. The van der Waals surface area contributed by atoms with Crippen molar-refractivity contribution >= 4 is 55.5 Å². The van der Waals surface area contributed by atoms with Crippen molar-refractivity contribution in [2.75, 3.05) is 10.2 Å². The highest BCUT2D eigenvalue weighted by Gasteiger charge is 2.35. The van der Waals surface area contributed by atoms with Crippen molar-refractivity contribution < 1.29 is 9.59 Å². The number of anilines is 2. The van der Waals surface area contributed by atoms with Gasteiger partial charge in [0, 0.05) is 45.4 Å². The number of hydrogen-bond donors (Lipinski definition) is 1. The zero-order valence-corrected chi connectivity index (χ0v) is 26.9. The van der Waals surface area contributed by atoms with Gasteiger partial charge in [0.25, 0.3) is 11.8 Å². The molecule has 0 atom stereocenters. The second-order valence-electron chi connectivity index (χ2n) is 12.5. The molecule has 2 amide bonds.